The van der Waals surface area contributed by atoms with E-state index >= 15 is 0 Å². The molecule has 2 amide bonds. The van der Waals surface area contributed by atoms with Gasteiger partial charge in [0.15, 0.2) is 0 Å². The van der Waals surface area contributed by atoms with Crippen LogP contribution < -0.4 is 10.1 Å². The summed E-state index contributed by atoms with van der Waals surface area (Å²) >= 11 is 6.03. The molecule has 0 radical (unpaired) electrons. The summed E-state index contributed by atoms with van der Waals surface area (Å²) in [6.45, 7) is 2.50. The lowest BCUT2D eigenvalue weighted by molar-refractivity contribution is -0.134. The number of carbonyl (C=O) groups is 2. The first-order chi connectivity index (χ1) is 17.0. The summed E-state index contributed by atoms with van der Waals surface area (Å²) in [4.78, 5) is 27.8. The number of benzene rings is 2. The number of ether oxygens (including phenoxy) is 1. The molecule has 3 aromatic rings. The molecule has 1 aromatic heterocycles. The summed E-state index contributed by atoms with van der Waals surface area (Å²) in [5, 5.41) is 9.58. The summed E-state index contributed by atoms with van der Waals surface area (Å²) in [5.74, 6) is 0.770. The van der Waals surface area contributed by atoms with Crippen molar-refractivity contribution in [2.45, 2.75) is 19.4 Å². The smallest absolute Gasteiger partial charge is 0.257 e. The van der Waals surface area contributed by atoms with Crippen molar-refractivity contribution in [2.75, 3.05) is 32.1 Å². The van der Waals surface area contributed by atoms with E-state index < -0.39 is 0 Å². The number of hydrogen-bond acceptors (Lipinski definition) is 6. The Morgan fingerprint density at radius 2 is 1.91 bits per heavy atom. The lowest BCUT2D eigenvalue weighted by Gasteiger charge is -2.24. The van der Waals surface area contributed by atoms with Crippen molar-refractivity contribution in [1.29, 1.82) is 0 Å². The summed E-state index contributed by atoms with van der Waals surface area (Å²) in [7, 11) is 1.55. The Kier molecular flexibility index (Phi) is 7.84. The molecule has 8 nitrogen and oxygen atoms in total. The molecule has 2 heterocycles. The van der Waals surface area contributed by atoms with Crippen LogP contribution in [0.15, 0.2) is 76.4 Å². The second-order valence-corrected chi connectivity index (χ2v) is 8.52. The predicted molar refractivity (Wildman–Crippen MR) is 135 cm³/mol. The van der Waals surface area contributed by atoms with Gasteiger partial charge in [-0.05, 0) is 48.5 Å². The summed E-state index contributed by atoms with van der Waals surface area (Å²) in [5.41, 5.74) is 2.25. The number of halogens is 1. The molecule has 0 aliphatic carbocycles. The van der Waals surface area contributed by atoms with E-state index in [0.29, 0.717) is 35.2 Å². The molecule has 0 spiro atoms. The van der Waals surface area contributed by atoms with Crippen molar-refractivity contribution in [1.82, 2.24) is 9.91 Å². The molecule has 1 aliphatic rings. The van der Waals surface area contributed by atoms with Gasteiger partial charge in [-0.15, -0.1) is 0 Å². The molecule has 4 rings (SSSR count). The molecule has 35 heavy (non-hydrogen) atoms. The Balaban J connectivity index is 1.47. The lowest BCUT2D eigenvalue weighted by atomic mass is 10.0. The monoisotopic (exact) mass is 494 g/mol. The van der Waals surface area contributed by atoms with Crippen molar-refractivity contribution in [3.8, 4) is 5.75 Å². The van der Waals surface area contributed by atoms with Gasteiger partial charge < -0.3 is 14.5 Å². The number of hydrogen-bond donors (Lipinski definition) is 1. The van der Waals surface area contributed by atoms with Crippen molar-refractivity contribution in [3.63, 3.8) is 0 Å². The van der Waals surface area contributed by atoms with Crippen LogP contribution in [-0.4, -0.2) is 54.2 Å². The molecule has 0 saturated carbocycles. The molecule has 9 heteroatoms. The van der Waals surface area contributed by atoms with Gasteiger partial charge in [-0.2, -0.15) is 5.10 Å². The van der Waals surface area contributed by atoms with Gasteiger partial charge in [0, 0.05) is 11.4 Å². The van der Waals surface area contributed by atoms with Gasteiger partial charge in [-0.25, -0.2) is 5.01 Å². The average molecular weight is 495 g/mol. The molecule has 0 saturated heterocycles. The molecule has 182 valence electrons. The largest absolute Gasteiger partial charge is 0.495 e. The van der Waals surface area contributed by atoms with Crippen LogP contribution in [0.25, 0.3) is 0 Å². The van der Waals surface area contributed by atoms with Crippen LogP contribution in [0.2, 0.25) is 5.02 Å². The number of likely N-dealkylation sites (N-methyl/N-ethyl adjacent to an activating group) is 1. The maximum atomic E-state index is 13.4. The van der Waals surface area contributed by atoms with Gasteiger partial charge >= 0.3 is 0 Å². The Morgan fingerprint density at radius 3 is 2.60 bits per heavy atom. The zero-order valence-electron chi connectivity index (χ0n) is 19.6. The standard InChI is InChI=1S/C26H27ClN4O4/c1-3-30(16-25(32)28-20-7-4-5-8-23(20)34-2)17-26(33)31-22(24-9-6-14-35-24)15-21(29-31)18-10-12-19(27)13-11-18/h4-14,22H,3,15-17H2,1-2H3,(H,28,32). The zero-order valence-corrected chi connectivity index (χ0v) is 20.4. The van der Waals surface area contributed by atoms with Gasteiger partial charge in [0.1, 0.15) is 17.6 Å². The summed E-state index contributed by atoms with van der Waals surface area (Å²) < 4.78 is 10.9. The Bertz CT molecular complexity index is 1190. The van der Waals surface area contributed by atoms with Gasteiger partial charge in [0.05, 0.1) is 37.9 Å². The van der Waals surface area contributed by atoms with Gasteiger partial charge in [-0.1, -0.05) is 42.8 Å². The minimum Gasteiger partial charge on any atom is -0.495 e. The predicted octanol–water partition coefficient (Wildman–Crippen LogP) is 4.58. The number of anilines is 1. The van der Waals surface area contributed by atoms with Gasteiger partial charge in [0.25, 0.3) is 5.91 Å². The second kappa shape index (κ2) is 11.2. The van der Waals surface area contributed by atoms with E-state index in [1.165, 1.54) is 5.01 Å². The van der Waals surface area contributed by atoms with E-state index in [1.807, 2.05) is 37.3 Å². The minimum atomic E-state index is -0.357. The maximum absolute atomic E-state index is 13.4. The number of hydrazone groups is 1. The Morgan fingerprint density at radius 1 is 1.14 bits per heavy atom. The quantitative estimate of drug-likeness (QED) is 0.470. The topological polar surface area (TPSA) is 87.4 Å². The molecule has 1 aliphatic heterocycles. The van der Waals surface area contributed by atoms with Crippen LogP contribution in [0.5, 0.6) is 5.75 Å². The van der Waals surface area contributed by atoms with Crippen molar-refractivity contribution >= 4 is 34.8 Å². The number of nitrogens with zero attached hydrogens (tertiary/aromatic N) is 3. The lowest BCUT2D eigenvalue weighted by Crippen LogP contribution is -2.41. The number of nitrogens with one attached hydrogen (secondary N) is 1. The first kappa shape index (κ1) is 24.5. The highest BCUT2D eigenvalue weighted by molar-refractivity contribution is 6.30. The number of para-hydroxylation sites is 2. The highest BCUT2D eigenvalue weighted by Gasteiger charge is 2.35. The normalized spacial score (nSPS) is 15.3. The molecule has 1 N–H and O–H groups in total. The maximum Gasteiger partial charge on any atom is 0.257 e. The molecule has 1 unspecified atom stereocenters. The van der Waals surface area contributed by atoms with Crippen molar-refractivity contribution < 1.29 is 18.7 Å². The number of carbonyl (C=O) groups excluding carboxylic acids is 2. The van der Waals surface area contributed by atoms with Crippen LogP contribution >= 0.6 is 11.6 Å². The molecule has 1 atom stereocenters. The first-order valence-electron chi connectivity index (χ1n) is 11.3. The highest BCUT2D eigenvalue weighted by atomic mass is 35.5. The number of methoxy groups -OCH3 is 1. The third-order valence-corrected chi connectivity index (χ3v) is 6.02. The van der Waals surface area contributed by atoms with Crippen molar-refractivity contribution in [2.24, 2.45) is 5.10 Å². The van der Waals surface area contributed by atoms with E-state index in [-0.39, 0.29) is 30.9 Å². The molecule has 2 aromatic carbocycles. The third-order valence-electron chi connectivity index (χ3n) is 5.77. The van der Waals surface area contributed by atoms with Crippen LogP contribution in [0.1, 0.15) is 30.7 Å². The minimum absolute atomic E-state index is 0.0322. The van der Waals surface area contributed by atoms with Crippen LogP contribution in [0.3, 0.4) is 0 Å². The number of amides is 2. The number of furan rings is 1. The Hall–Kier alpha value is -3.62. The zero-order chi connectivity index (χ0) is 24.8. The SMILES string of the molecule is CCN(CC(=O)Nc1ccccc1OC)CC(=O)N1N=C(c2ccc(Cl)cc2)CC1c1ccco1. The summed E-state index contributed by atoms with van der Waals surface area (Å²) in [6, 6.07) is 17.8. The number of rotatable bonds is 9. The van der Waals surface area contributed by atoms with Crippen molar-refractivity contribution in [3.05, 3.63) is 83.3 Å². The van der Waals surface area contributed by atoms with E-state index in [2.05, 4.69) is 10.4 Å². The molecule has 0 bridgehead atoms. The molecular weight excluding hydrogens is 468 g/mol. The fraction of sp³-hybridized carbons (Fsp3) is 0.269. The summed E-state index contributed by atoms with van der Waals surface area (Å²) in [6.07, 6.45) is 2.10. The van der Waals surface area contributed by atoms with Gasteiger partial charge in [0.2, 0.25) is 5.91 Å². The molecular formula is C26H27ClN4O4. The second-order valence-electron chi connectivity index (χ2n) is 8.08. The average Bonchev–Trinajstić information content (AvgIpc) is 3.54. The van der Waals surface area contributed by atoms with E-state index in [9.17, 15) is 9.59 Å². The van der Waals surface area contributed by atoms with Crippen LogP contribution in [-0.2, 0) is 9.59 Å². The fourth-order valence-electron chi connectivity index (χ4n) is 3.94. The van der Waals surface area contributed by atoms with Crippen LogP contribution in [0, 0.1) is 0 Å². The van der Waals surface area contributed by atoms with E-state index in [0.717, 1.165) is 11.3 Å². The fourth-order valence-corrected chi connectivity index (χ4v) is 4.07. The molecule has 0 fully saturated rings. The Labute approximate surface area is 209 Å². The van der Waals surface area contributed by atoms with E-state index in [4.69, 9.17) is 20.8 Å². The third kappa shape index (κ3) is 5.90. The highest BCUT2D eigenvalue weighted by Crippen LogP contribution is 2.33. The first-order valence-corrected chi connectivity index (χ1v) is 11.7. The van der Waals surface area contributed by atoms with E-state index in [1.54, 1.807) is 48.6 Å². The van der Waals surface area contributed by atoms with Gasteiger partial charge in [-0.3, -0.25) is 14.5 Å². The van der Waals surface area contributed by atoms with Crippen LogP contribution in [0.4, 0.5) is 5.69 Å².